The molecule has 3 N–H and O–H groups in total. The molecule has 1 saturated carbocycles. The van der Waals surface area contributed by atoms with Crippen LogP contribution in [0.25, 0.3) is 10.8 Å². The van der Waals surface area contributed by atoms with Crippen LogP contribution < -0.4 is 10.6 Å². The van der Waals surface area contributed by atoms with E-state index in [0.29, 0.717) is 5.82 Å². The third-order valence-electron chi connectivity index (χ3n) is 6.21. The van der Waals surface area contributed by atoms with Gasteiger partial charge in [-0.1, -0.05) is 42.5 Å². The highest BCUT2D eigenvalue weighted by atomic mass is 16.4. The lowest BCUT2D eigenvalue weighted by molar-refractivity contribution is -0.115. The minimum Gasteiger partial charge on any atom is -0.478 e. The Kier molecular flexibility index (Phi) is 5.97. The maximum atomic E-state index is 12.6. The number of aromatic nitrogens is 3. The molecule has 0 radical (unpaired) electrons. The molecule has 5 rings (SSSR count). The molecule has 0 aliphatic heterocycles. The van der Waals surface area contributed by atoms with E-state index in [-0.39, 0.29) is 41.6 Å². The Morgan fingerprint density at radius 2 is 1.80 bits per heavy atom. The Morgan fingerprint density at radius 3 is 2.57 bits per heavy atom. The number of anilines is 1. The topological polar surface area (TPSA) is 126 Å². The van der Waals surface area contributed by atoms with E-state index < -0.39 is 5.97 Å². The molecule has 2 aromatic carbocycles. The smallest absolute Gasteiger partial charge is 0.337 e. The molecule has 4 aromatic rings. The molecular formula is C26H23N5O4. The van der Waals surface area contributed by atoms with Gasteiger partial charge >= 0.3 is 5.97 Å². The van der Waals surface area contributed by atoms with E-state index in [1.54, 1.807) is 12.5 Å². The van der Waals surface area contributed by atoms with Gasteiger partial charge in [0, 0.05) is 24.5 Å². The molecule has 0 unspecified atom stereocenters. The van der Waals surface area contributed by atoms with Crippen molar-refractivity contribution in [1.29, 1.82) is 0 Å². The van der Waals surface area contributed by atoms with E-state index >= 15 is 0 Å². The number of carboxylic acids is 1. The lowest BCUT2D eigenvalue weighted by Gasteiger charge is -2.36. The van der Waals surface area contributed by atoms with Gasteiger partial charge in [0.15, 0.2) is 5.82 Å². The highest BCUT2D eigenvalue weighted by Gasteiger charge is 2.32. The molecule has 9 nitrogen and oxygen atoms in total. The quantitative estimate of drug-likeness (QED) is 0.381. The van der Waals surface area contributed by atoms with Crippen molar-refractivity contribution >= 4 is 34.4 Å². The second-order valence-corrected chi connectivity index (χ2v) is 8.60. The number of pyridine rings is 1. The number of carbonyl (C=O) groups excluding carboxylic acids is 2. The maximum Gasteiger partial charge on any atom is 0.337 e. The summed E-state index contributed by atoms with van der Waals surface area (Å²) in [6, 6.07) is 16.8. The first kappa shape index (κ1) is 22.3. The zero-order valence-electron chi connectivity index (χ0n) is 18.7. The van der Waals surface area contributed by atoms with Crippen LogP contribution in [-0.2, 0) is 11.2 Å². The molecule has 1 fully saturated rings. The highest BCUT2D eigenvalue weighted by Crippen LogP contribution is 2.33. The molecule has 2 heterocycles. The minimum atomic E-state index is -1.09. The van der Waals surface area contributed by atoms with Crippen molar-refractivity contribution in [2.75, 3.05) is 5.32 Å². The van der Waals surface area contributed by atoms with Crippen LogP contribution in [0.4, 0.5) is 5.82 Å². The average Bonchev–Trinajstić information content (AvgIpc) is 3.28. The van der Waals surface area contributed by atoms with E-state index in [9.17, 15) is 14.4 Å². The van der Waals surface area contributed by atoms with Crippen LogP contribution in [0.15, 0.2) is 73.3 Å². The molecule has 0 bridgehead atoms. The third kappa shape index (κ3) is 4.89. The van der Waals surface area contributed by atoms with Gasteiger partial charge in [-0.2, -0.15) is 0 Å². The summed E-state index contributed by atoms with van der Waals surface area (Å²) in [6.45, 7) is 0. The van der Waals surface area contributed by atoms with Gasteiger partial charge in [0.25, 0.3) is 5.91 Å². The fourth-order valence-corrected chi connectivity index (χ4v) is 4.27. The van der Waals surface area contributed by atoms with Crippen LogP contribution in [-0.4, -0.2) is 43.5 Å². The van der Waals surface area contributed by atoms with Gasteiger partial charge in [0.05, 0.1) is 18.3 Å². The van der Waals surface area contributed by atoms with Crippen molar-refractivity contribution in [2.24, 2.45) is 0 Å². The molecular weight excluding hydrogens is 446 g/mol. The van der Waals surface area contributed by atoms with Crippen molar-refractivity contribution in [3.8, 4) is 0 Å². The predicted molar refractivity (Wildman–Crippen MR) is 129 cm³/mol. The Hall–Kier alpha value is -4.53. The number of carbonyl (C=O) groups is 3. The van der Waals surface area contributed by atoms with Crippen LogP contribution in [0.3, 0.4) is 0 Å². The average molecular weight is 470 g/mol. The molecule has 0 spiro atoms. The third-order valence-corrected chi connectivity index (χ3v) is 6.21. The summed E-state index contributed by atoms with van der Waals surface area (Å²) in [5, 5.41) is 16.9. The van der Waals surface area contributed by atoms with Gasteiger partial charge in [-0.25, -0.2) is 9.78 Å². The van der Waals surface area contributed by atoms with Gasteiger partial charge < -0.3 is 20.3 Å². The van der Waals surface area contributed by atoms with Crippen molar-refractivity contribution < 1.29 is 19.5 Å². The van der Waals surface area contributed by atoms with Crippen LogP contribution in [0.1, 0.15) is 45.3 Å². The van der Waals surface area contributed by atoms with E-state index in [1.807, 2.05) is 47.0 Å². The number of nitrogens with zero attached hydrogens (tertiary/aromatic N) is 3. The largest absolute Gasteiger partial charge is 0.478 e. The Labute approximate surface area is 200 Å². The van der Waals surface area contributed by atoms with Gasteiger partial charge in [-0.15, -0.1) is 0 Å². The summed E-state index contributed by atoms with van der Waals surface area (Å²) in [5.41, 5.74) is 1.17. The van der Waals surface area contributed by atoms with Gasteiger partial charge in [0.1, 0.15) is 5.69 Å². The number of nitrogens with one attached hydrogen (secondary N) is 2. The number of hydrogen-bond acceptors (Lipinski definition) is 5. The van der Waals surface area contributed by atoms with Crippen LogP contribution in [0.2, 0.25) is 0 Å². The summed E-state index contributed by atoms with van der Waals surface area (Å²) in [4.78, 5) is 44.1. The molecule has 35 heavy (non-hydrogen) atoms. The monoisotopic (exact) mass is 469 g/mol. The van der Waals surface area contributed by atoms with Crippen LogP contribution >= 0.6 is 0 Å². The minimum absolute atomic E-state index is 0.0137. The number of aromatic carboxylic acids is 1. The number of fused-ring (bicyclic) bond motifs is 1. The van der Waals surface area contributed by atoms with Crippen molar-refractivity contribution in [3.05, 3.63) is 90.1 Å². The summed E-state index contributed by atoms with van der Waals surface area (Å²) in [5.74, 6) is -1.06. The van der Waals surface area contributed by atoms with Gasteiger partial charge in [-0.05, 0) is 41.3 Å². The Balaban J connectivity index is 1.12. The second-order valence-electron chi connectivity index (χ2n) is 8.60. The van der Waals surface area contributed by atoms with Crippen LogP contribution in [0.5, 0.6) is 0 Å². The normalized spacial score (nSPS) is 16.9. The molecule has 176 valence electrons. The molecule has 0 atom stereocenters. The zero-order chi connectivity index (χ0) is 24.4. The first-order chi connectivity index (χ1) is 17.0. The predicted octanol–water partition coefficient (Wildman–Crippen LogP) is 3.44. The van der Waals surface area contributed by atoms with Crippen molar-refractivity contribution in [1.82, 2.24) is 19.9 Å². The van der Waals surface area contributed by atoms with Crippen molar-refractivity contribution in [3.63, 3.8) is 0 Å². The number of imidazole rings is 1. The standard InChI is InChI=1S/C26H23N5O4/c32-24(10-17-6-3-5-16-4-1-2-7-21(16)17)30-23-14-31(15-28-23)20-11-19(12-20)29-25(33)22-9-8-18(13-27-22)26(34)35/h1-9,13-15,19-20H,10-12H2,(H,29,33)(H,30,32)(H,34,35). The summed E-state index contributed by atoms with van der Waals surface area (Å²) >= 11 is 0. The number of hydrogen-bond donors (Lipinski definition) is 3. The number of rotatable bonds is 7. The van der Waals surface area contributed by atoms with Crippen molar-refractivity contribution in [2.45, 2.75) is 31.3 Å². The molecule has 0 saturated heterocycles. The highest BCUT2D eigenvalue weighted by molar-refractivity contribution is 5.96. The molecule has 2 aromatic heterocycles. The number of carboxylic acid groups (broad SMARTS) is 1. The second kappa shape index (κ2) is 9.38. The van der Waals surface area contributed by atoms with E-state index in [2.05, 4.69) is 20.6 Å². The summed E-state index contributed by atoms with van der Waals surface area (Å²) < 4.78 is 1.94. The Bertz CT molecular complexity index is 1400. The van der Waals surface area contributed by atoms with Crippen LogP contribution in [0, 0.1) is 0 Å². The Morgan fingerprint density at radius 1 is 1.00 bits per heavy atom. The first-order valence-electron chi connectivity index (χ1n) is 11.3. The number of benzene rings is 2. The lowest BCUT2D eigenvalue weighted by atomic mass is 9.86. The zero-order valence-corrected chi connectivity index (χ0v) is 18.7. The van der Waals surface area contributed by atoms with E-state index in [4.69, 9.17) is 5.11 Å². The fourth-order valence-electron chi connectivity index (χ4n) is 4.27. The van der Waals surface area contributed by atoms with Gasteiger partial charge in [-0.3, -0.25) is 14.6 Å². The molecule has 1 aliphatic rings. The molecule has 1 aliphatic carbocycles. The lowest BCUT2D eigenvalue weighted by Crippen LogP contribution is -2.45. The van der Waals surface area contributed by atoms with Gasteiger partial charge in [0.2, 0.25) is 5.91 Å². The SMILES string of the molecule is O=C(Cc1cccc2ccccc12)Nc1cn(C2CC(NC(=O)c3ccc(C(=O)O)cn3)C2)cn1. The fraction of sp³-hybridized carbons (Fsp3) is 0.192. The van der Waals surface area contributed by atoms with E-state index in [0.717, 1.165) is 29.2 Å². The molecule has 2 amide bonds. The summed E-state index contributed by atoms with van der Waals surface area (Å²) in [6.07, 6.45) is 6.35. The first-order valence-corrected chi connectivity index (χ1v) is 11.3. The maximum absolute atomic E-state index is 12.6. The van der Waals surface area contributed by atoms with E-state index in [1.165, 1.54) is 18.3 Å². The number of amides is 2. The molecule has 9 heteroatoms. The summed E-state index contributed by atoms with van der Waals surface area (Å²) in [7, 11) is 0.